The number of H-pyrrole nitrogens is 2. The van der Waals surface area contributed by atoms with Gasteiger partial charge in [-0.2, -0.15) is 0 Å². The highest BCUT2D eigenvalue weighted by Crippen LogP contribution is 2.48. The fourth-order valence-corrected chi connectivity index (χ4v) is 7.62. The van der Waals surface area contributed by atoms with E-state index in [2.05, 4.69) is 48.9 Å². The molecule has 2 aliphatic rings. The minimum atomic E-state index is -0.890. The summed E-state index contributed by atoms with van der Waals surface area (Å²) in [4.78, 5) is 56.1. The summed E-state index contributed by atoms with van der Waals surface area (Å²) >= 11 is 0. The molecule has 0 radical (unpaired) electrons. The molecule has 5 rings (SSSR count). The first-order valence-corrected chi connectivity index (χ1v) is 18.3. The summed E-state index contributed by atoms with van der Waals surface area (Å²) < 4.78 is 0. The molecule has 1 amide bonds. The van der Waals surface area contributed by atoms with Gasteiger partial charge in [0.05, 0.1) is 11.4 Å². The summed E-state index contributed by atoms with van der Waals surface area (Å²) in [6, 6.07) is 10.2. The summed E-state index contributed by atoms with van der Waals surface area (Å²) in [5.41, 5.74) is 10.5. The smallest absolute Gasteiger partial charge is 0.303 e. The Kier molecular flexibility index (Phi) is 11.5. The molecule has 2 aliphatic heterocycles. The monoisotopic (exact) mass is 695 g/mol. The number of fused-ring (bicyclic) bond motifs is 8. The van der Waals surface area contributed by atoms with Crippen molar-refractivity contribution in [2.75, 3.05) is 14.1 Å². The molecule has 0 spiro atoms. The fraction of sp³-hybridized carbons (Fsp3) is 0.488. The van der Waals surface area contributed by atoms with Crippen molar-refractivity contribution in [1.82, 2.24) is 24.8 Å². The van der Waals surface area contributed by atoms with Gasteiger partial charge in [0, 0.05) is 78.1 Å². The van der Waals surface area contributed by atoms with Gasteiger partial charge in [0.2, 0.25) is 5.91 Å². The van der Waals surface area contributed by atoms with Crippen molar-refractivity contribution in [3.8, 4) is 0 Å². The largest absolute Gasteiger partial charge is 0.481 e. The highest BCUT2D eigenvalue weighted by Gasteiger charge is 2.44. The maximum Gasteiger partial charge on any atom is 0.303 e. The Morgan fingerprint density at radius 1 is 0.824 bits per heavy atom. The van der Waals surface area contributed by atoms with Gasteiger partial charge in [0.1, 0.15) is 0 Å². The molecule has 5 heterocycles. The third-order valence-electron chi connectivity index (χ3n) is 10.8. The van der Waals surface area contributed by atoms with Crippen LogP contribution in [0.4, 0.5) is 0 Å². The van der Waals surface area contributed by atoms with Crippen LogP contribution in [0.3, 0.4) is 0 Å². The standard InChI is InChI=1S/C41H53N5O5/c1-8-9-10-11-12-13-30-36-20-31-24(2)18-27(42-31)19-32-25(3)28(14-16-39(48)49)34(43-32)21-35-29(15-17-40(50)51)26(4)33(44-35)22-37(45-36)41(30,5)23-38(47)46(6)7/h18-22,30,42,44H,8-17,23H2,1-7H3,(H,48,49)(H,50,51)/t30?,41-/m1/s1. The van der Waals surface area contributed by atoms with Gasteiger partial charge < -0.3 is 25.1 Å². The third-order valence-corrected chi connectivity index (χ3v) is 10.8. The van der Waals surface area contributed by atoms with Crippen molar-refractivity contribution < 1.29 is 24.6 Å². The first kappa shape index (κ1) is 37.5. The first-order valence-electron chi connectivity index (χ1n) is 18.3. The number of aromatic amines is 2. The first-order chi connectivity index (χ1) is 24.2. The van der Waals surface area contributed by atoms with E-state index in [0.717, 1.165) is 86.2 Å². The topological polar surface area (TPSA) is 152 Å². The number of amides is 1. The number of carboxylic acids is 2. The number of nitrogens with one attached hydrogen (secondary N) is 2. The van der Waals surface area contributed by atoms with Gasteiger partial charge in [0.15, 0.2) is 0 Å². The normalized spacial score (nSPS) is 17.2. The number of aliphatic carboxylic acids is 2. The molecule has 1 unspecified atom stereocenters. The van der Waals surface area contributed by atoms with Crippen LogP contribution in [0, 0.1) is 13.8 Å². The lowest BCUT2D eigenvalue weighted by atomic mass is 9.70. The molecule has 10 nitrogen and oxygen atoms in total. The molecule has 0 fully saturated rings. The molecule has 3 aromatic heterocycles. The van der Waals surface area contributed by atoms with Crippen LogP contribution in [0.2, 0.25) is 0 Å². The van der Waals surface area contributed by atoms with Crippen molar-refractivity contribution in [2.45, 2.75) is 117 Å². The Bertz CT molecular complexity index is 2020. The molecule has 51 heavy (non-hydrogen) atoms. The molecule has 3 aromatic rings. The lowest BCUT2D eigenvalue weighted by Crippen LogP contribution is -2.34. The average molecular weight is 696 g/mol. The molecule has 8 bridgehead atoms. The van der Waals surface area contributed by atoms with Crippen LogP contribution in [-0.2, 0) is 26.2 Å². The van der Waals surface area contributed by atoms with Gasteiger partial charge in [0.25, 0.3) is 0 Å². The number of nitrogens with zero attached hydrogens (tertiary/aromatic N) is 3. The van der Waals surface area contributed by atoms with E-state index in [1.165, 1.54) is 19.3 Å². The van der Waals surface area contributed by atoms with E-state index >= 15 is 0 Å². The second-order valence-electron chi connectivity index (χ2n) is 14.8. The summed E-state index contributed by atoms with van der Waals surface area (Å²) in [6.07, 6.45) is 7.45. The Morgan fingerprint density at radius 2 is 1.53 bits per heavy atom. The second kappa shape index (κ2) is 15.7. The number of carboxylic acid groups (broad SMARTS) is 2. The quantitative estimate of drug-likeness (QED) is 0.123. The van der Waals surface area contributed by atoms with E-state index in [0.29, 0.717) is 25.0 Å². The Hall–Kier alpha value is -4.73. The summed E-state index contributed by atoms with van der Waals surface area (Å²) in [5, 5.41) is 19.2. The fourth-order valence-electron chi connectivity index (χ4n) is 7.62. The summed E-state index contributed by atoms with van der Waals surface area (Å²) in [6.45, 7) is 10.4. The van der Waals surface area contributed by atoms with Crippen LogP contribution in [0.15, 0.2) is 30.3 Å². The van der Waals surface area contributed by atoms with Gasteiger partial charge in [-0.25, -0.2) is 4.98 Å². The number of rotatable bonds is 14. The minimum absolute atomic E-state index is 0.00536. The van der Waals surface area contributed by atoms with Crippen molar-refractivity contribution in [3.05, 3.63) is 69.8 Å². The highest BCUT2D eigenvalue weighted by atomic mass is 16.4. The molecule has 0 saturated heterocycles. The highest BCUT2D eigenvalue weighted by molar-refractivity contribution is 5.93. The maximum atomic E-state index is 13.5. The second-order valence-corrected chi connectivity index (χ2v) is 14.8. The number of aromatic nitrogens is 4. The predicted molar refractivity (Wildman–Crippen MR) is 203 cm³/mol. The van der Waals surface area contributed by atoms with E-state index in [-0.39, 0.29) is 24.7 Å². The van der Waals surface area contributed by atoms with Gasteiger partial charge in [-0.3, -0.25) is 19.4 Å². The van der Waals surface area contributed by atoms with E-state index in [1.807, 2.05) is 26.0 Å². The van der Waals surface area contributed by atoms with Crippen molar-refractivity contribution >= 4 is 51.1 Å². The number of hydrogen-bond donors (Lipinski definition) is 4. The van der Waals surface area contributed by atoms with Crippen LogP contribution in [0.1, 0.15) is 130 Å². The van der Waals surface area contributed by atoms with Crippen LogP contribution < -0.4 is 0 Å². The van der Waals surface area contributed by atoms with Crippen LogP contribution in [-0.4, -0.2) is 67.0 Å². The van der Waals surface area contributed by atoms with Crippen molar-refractivity contribution in [1.29, 1.82) is 0 Å². The number of carbonyl (C=O) groups is 3. The maximum absolute atomic E-state index is 13.5. The van der Waals surface area contributed by atoms with Gasteiger partial charge in [-0.15, -0.1) is 0 Å². The number of aryl methyl sites for hydroxylation is 3. The SMILES string of the molecule is CCCCCCCC1c2cc3[nH]c(cc4nc(cc5[nH]c(cc(n2)[C@]1(C)CC(=O)N(C)C)c(C)c5CCC(=O)O)C(CCC(=O)O)=C4C)cc3C. The Balaban J connectivity index is 1.84. The summed E-state index contributed by atoms with van der Waals surface area (Å²) in [7, 11) is 3.58. The van der Waals surface area contributed by atoms with Crippen LogP contribution in [0.25, 0.3) is 33.2 Å². The molecule has 0 aliphatic carbocycles. The number of unbranched alkanes of at least 4 members (excludes halogenated alkanes) is 4. The molecule has 2 atom stereocenters. The van der Waals surface area contributed by atoms with E-state index in [4.69, 9.17) is 9.97 Å². The number of carbonyl (C=O) groups excluding carboxylic acids is 1. The zero-order valence-corrected chi connectivity index (χ0v) is 31.2. The molecular formula is C41H53N5O5. The predicted octanol–water partition coefficient (Wildman–Crippen LogP) is 8.62. The lowest BCUT2D eigenvalue weighted by Gasteiger charge is -2.32. The Morgan fingerprint density at radius 3 is 2.22 bits per heavy atom. The zero-order chi connectivity index (χ0) is 37.0. The van der Waals surface area contributed by atoms with Crippen molar-refractivity contribution in [2.24, 2.45) is 0 Å². The summed E-state index contributed by atoms with van der Waals surface area (Å²) in [5.74, 6) is -1.73. The molecule has 272 valence electrons. The van der Waals surface area contributed by atoms with Crippen LogP contribution in [0.5, 0.6) is 0 Å². The minimum Gasteiger partial charge on any atom is -0.481 e. The third kappa shape index (κ3) is 8.26. The molecule has 10 heteroatoms. The number of allylic oxidation sites excluding steroid dienone is 2. The molecule has 0 saturated carbocycles. The molecule has 0 aromatic carbocycles. The average Bonchev–Trinajstić information content (AvgIpc) is 3.72. The van der Waals surface area contributed by atoms with Crippen LogP contribution >= 0.6 is 0 Å². The van der Waals surface area contributed by atoms with Gasteiger partial charge >= 0.3 is 11.9 Å². The lowest BCUT2D eigenvalue weighted by molar-refractivity contribution is -0.137. The number of hydrogen-bond acceptors (Lipinski definition) is 5. The molecule has 4 N–H and O–H groups in total. The Labute approximate surface area is 300 Å². The van der Waals surface area contributed by atoms with Gasteiger partial charge in [-0.1, -0.05) is 46.0 Å². The zero-order valence-electron chi connectivity index (χ0n) is 31.2. The van der Waals surface area contributed by atoms with E-state index < -0.39 is 17.4 Å². The van der Waals surface area contributed by atoms with Crippen molar-refractivity contribution in [3.63, 3.8) is 0 Å². The van der Waals surface area contributed by atoms with Gasteiger partial charge in [-0.05, 0) is 98.2 Å². The van der Waals surface area contributed by atoms with E-state index in [1.54, 1.807) is 19.0 Å². The molecular weight excluding hydrogens is 642 g/mol. The van der Waals surface area contributed by atoms with E-state index in [9.17, 15) is 24.6 Å².